The molecular formula is C11H10FN. The molecule has 0 aliphatic carbocycles. The smallest absolute Gasteiger partial charge is 0.149 e. The van der Waals surface area contributed by atoms with Crippen LogP contribution in [0.5, 0.6) is 0 Å². The lowest BCUT2D eigenvalue weighted by Crippen LogP contribution is -1.89. The molecule has 0 bridgehead atoms. The van der Waals surface area contributed by atoms with Gasteiger partial charge >= 0.3 is 0 Å². The third-order valence-electron chi connectivity index (χ3n) is 2.37. The van der Waals surface area contributed by atoms with Crippen LogP contribution in [-0.4, -0.2) is 4.98 Å². The van der Waals surface area contributed by atoms with E-state index in [1.807, 2.05) is 19.9 Å². The third-order valence-corrected chi connectivity index (χ3v) is 2.37. The number of hydrogen-bond donors (Lipinski definition) is 0. The Morgan fingerprint density at radius 2 is 2.00 bits per heavy atom. The number of nitrogens with zero attached hydrogens (tertiary/aromatic N) is 1. The third kappa shape index (κ3) is 1.18. The summed E-state index contributed by atoms with van der Waals surface area (Å²) in [5.74, 6) is -0.249. The van der Waals surface area contributed by atoms with Gasteiger partial charge in [-0.15, -0.1) is 0 Å². The number of hydrogen-bond acceptors (Lipinski definition) is 1. The molecule has 0 aliphatic heterocycles. The minimum atomic E-state index is -0.249. The standard InChI is InChI=1S/C11H10FN/c1-7-6-13-11-9(8(7)2)4-3-5-10(11)12/h3-6H,1-2H3. The van der Waals surface area contributed by atoms with Crippen molar-refractivity contribution in [3.63, 3.8) is 0 Å². The van der Waals surface area contributed by atoms with Gasteiger partial charge < -0.3 is 0 Å². The maximum absolute atomic E-state index is 13.2. The Balaban J connectivity index is 2.94. The molecule has 0 saturated heterocycles. The van der Waals surface area contributed by atoms with E-state index >= 15 is 0 Å². The maximum Gasteiger partial charge on any atom is 0.149 e. The highest BCUT2D eigenvalue weighted by molar-refractivity contribution is 5.83. The van der Waals surface area contributed by atoms with E-state index in [2.05, 4.69) is 4.98 Å². The second-order valence-electron chi connectivity index (χ2n) is 3.20. The normalized spacial score (nSPS) is 10.7. The summed E-state index contributed by atoms with van der Waals surface area (Å²) < 4.78 is 13.2. The largest absolute Gasteiger partial charge is 0.253 e. The first kappa shape index (κ1) is 8.17. The first-order valence-electron chi connectivity index (χ1n) is 4.20. The zero-order valence-electron chi connectivity index (χ0n) is 7.63. The molecule has 2 heteroatoms. The molecule has 2 aromatic rings. The number of pyridine rings is 1. The highest BCUT2D eigenvalue weighted by atomic mass is 19.1. The average molecular weight is 175 g/mol. The van der Waals surface area contributed by atoms with E-state index in [-0.39, 0.29) is 5.82 Å². The van der Waals surface area contributed by atoms with Gasteiger partial charge in [0.15, 0.2) is 0 Å². The van der Waals surface area contributed by atoms with Crippen LogP contribution in [0.2, 0.25) is 0 Å². The van der Waals surface area contributed by atoms with E-state index < -0.39 is 0 Å². The summed E-state index contributed by atoms with van der Waals surface area (Å²) in [6, 6.07) is 5.05. The fourth-order valence-electron chi connectivity index (χ4n) is 1.42. The summed E-state index contributed by atoms with van der Waals surface area (Å²) in [6.07, 6.45) is 1.71. The van der Waals surface area contributed by atoms with Gasteiger partial charge in [-0.2, -0.15) is 0 Å². The monoisotopic (exact) mass is 175 g/mol. The fourth-order valence-corrected chi connectivity index (χ4v) is 1.42. The maximum atomic E-state index is 13.2. The molecule has 0 fully saturated rings. The van der Waals surface area contributed by atoms with Gasteiger partial charge in [-0.25, -0.2) is 4.39 Å². The van der Waals surface area contributed by atoms with Crippen LogP contribution in [0.25, 0.3) is 10.9 Å². The summed E-state index contributed by atoms with van der Waals surface area (Å²) in [6.45, 7) is 3.96. The van der Waals surface area contributed by atoms with Crippen molar-refractivity contribution < 1.29 is 4.39 Å². The average Bonchev–Trinajstić information content (AvgIpc) is 2.12. The number of rotatable bonds is 0. The van der Waals surface area contributed by atoms with E-state index in [1.165, 1.54) is 6.07 Å². The van der Waals surface area contributed by atoms with Crippen LogP contribution in [0.1, 0.15) is 11.1 Å². The summed E-state index contributed by atoms with van der Waals surface area (Å²) in [4.78, 5) is 4.07. The topological polar surface area (TPSA) is 12.9 Å². The van der Waals surface area contributed by atoms with Gasteiger partial charge in [0.2, 0.25) is 0 Å². The number of halogens is 1. The number of fused-ring (bicyclic) bond motifs is 1. The van der Waals surface area contributed by atoms with Gasteiger partial charge in [-0.1, -0.05) is 12.1 Å². The zero-order valence-corrected chi connectivity index (χ0v) is 7.63. The van der Waals surface area contributed by atoms with E-state index in [0.717, 1.165) is 16.5 Å². The van der Waals surface area contributed by atoms with Crippen molar-refractivity contribution in [3.05, 3.63) is 41.3 Å². The van der Waals surface area contributed by atoms with Crippen LogP contribution in [0.15, 0.2) is 24.4 Å². The van der Waals surface area contributed by atoms with Gasteiger partial charge in [0.05, 0.1) is 0 Å². The number of aromatic nitrogens is 1. The van der Waals surface area contributed by atoms with Gasteiger partial charge in [0.25, 0.3) is 0 Å². The summed E-state index contributed by atoms with van der Waals surface area (Å²) in [5, 5.41) is 0.903. The van der Waals surface area contributed by atoms with E-state index in [1.54, 1.807) is 12.3 Å². The number of benzene rings is 1. The van der Waals surface area contributed by atoms with Crippen LogP contribution in [-0.2, 0) is 0 Å². The van der Waals surface area contributed by atoms with Crippen molar-refractivity contribution in [1.82, 2.24) is 4.98 Å². The molecule has 0 atom stereocenters. The Labute approximate surface area is 76.2 Å². The van der Waals surface area contributed by atoms with Gasteiger partial charge in [0, 0.05) is 11.6 Å². The van der Waals surface area contributed by atoms with Crippen molar-refractivity contribution in [2.75, 3.05) is 0 Å². The molecule has 0 amide bonds. The quantitative estimate of drug-likeness (QED) is 0.599. The van der Waals surface area contributed by atoms with Crippen LogP contribution < -0.4 is 0 Å². The molecule has 2 rings (SSSR count). The molecule has 0 radical (unpaired) electrons. The van der Waals surface area contributed by atoms with Crippen LogP contribution in [0.4, 0.5) is 4.39 Å². The summed E-state index contributed by atoms with van der Waals surface area (Å²) in [5.41, 5.74) is 2.66. The molecule has 0 spiro atoms. The molecular weight excluding hydrogens is 165 g/mol. The fraction of sp³-hybridized carbons (Fsp3) is 0.182. The van der Waals surface area contributed by atoms with E-state index in [9.17, 15) is 4.39 Å². The zero-order chi connectivity index (χ0) is 9.42. The molecule has 1 heterocycles. The Morgan fingerprint density at radius 3 is 2.77 bits per heavy atom. The molecule has 1 nitrogen and oxygen atoms in total. The molecule has 0 N–H and O–H groups in total. The first-order valence-corrected chi connectivity index (χ1v) is 4.20. The minimum Gasteiger partial charge on any atom is -0.253 e. The van der Waals surface area contributed by atoms with Gasteiger partial charge in [-0.05, 0) is 31.0 Å². The second kappa shape index (κ2) is 2.80. The minimum absolute atomic E-state index is 0.249. The van der Waals surface area contributed by atoms with Crippen molar-refractivity contribution in [2.24, 2.45) is 0 Å². The second-order valence-corrected chi connectivity index (χ2v) is 3.20. The summed E-state index contributed by atoms with van der Waals surface area (Å²) in [7, 11) is 0. The van der Waals surface area contributed by atoms with Crippen LogP contribution >= 0.6 is 0 Å². The molecule has 1 aromatic heterocycles. The number of aryl methyl sites for hydroxylation is 2. The summed E-state index contributed by atoms with van der Waals surface area (Å²) >= 11 is 0. The highest BCUT2D eigenvalue weighted by Gasteiger charge is 2.04. The molecule has 0 unspecified atom stereocenters. The van der Waals surface area contributed by atoms with Crippen molar-refractivity contribution in [1.29, 1.82) is 0 Å². The molecule has 0 saturated carbocycles. The van der Waals surface area contributed by atoms with Crippen LogP contribution in [0, 0.1) is 19.7 Å². The molecule has 13 heavy (non-hydrogen) atoms. The lowest BCUT2D eigenvalue weighted by atomic mass is 10.1. The van der Waals surface area contributed by atoms with E-state index in [4.69, 9.17) is 0 Å². The SMILES string of the molecule is Cc1cnc2c(F)cccc2c1C. The number of para-hydroxylation sites is 1. The Morgan fingerprint density at radius 1 is 1.23 bits per heavy atom. The Hall–Kier alpha value is -1.44. The predicted octanol–water partition coefficient (Wildman–Crippen LogP) is 2.99. The van der Waals surface area contributed by atoms with Crippen molar-refractivity contribution in [3.8, 4) is 0 Å². The molecule has 66 valence electrons. The van der Waals surface area contributed by atoms with Gasteiger partial charge in [0.1, 0.15) is 11.3 Å². The lowest BCUT2D eigenvalue weighted by Gasteiger charge is -2.04. The van der Waals surface area contributed by atoms with Crippen LogP contribution in [0.3, 0.4) is 0 Å². The van der Waals surface area contributed by atoms with Crippen molar-refractivity contribution in [2.45, 2.75) is 13.8 Å². The highest BCUT2D eigenvalue weighted by Crippen LogP contribution is 2.20. The Kier molecular flexibility index (Phi) is 1.76. The lowest BCUT2D eigenvalue weighted by molar-refractivity contribution is 0.636. The predicted molar refractivity (Wildman–Crippen MR) is 51.2 cm³/mol. The Bertz CT molecular complexity index is 463. The molecule has 1 aromatic carbocycles. The van der Waals surface area contributed by atoms with Gasteiger partial charge in [-0.3, -0.25) is 4.98 Å². The van der Waals surface area contributed by atoms with E-state index in [0.29, 0.717) is 5.52 Å². The molecule has 0 aliphatic rings. The first-order chi connectivity index (χ1) is 6.20. The van der Waals surface area contributed by atoms with Crippen molar-refractivity contribution >= 4 is 10.9 Å².